The van der Waals surface area contributed by atoms with Crippen molar-refractivity contribution >= 4 is 22.9 Å². The van der Waals surface area contributed by atoms with Crippen molar-refractivity contribution in [3.63, 3.8) is 0 Å². The van der Waals surface area contributed by atoms with Crippen LogP contribution in [-0.2, 0) is 4.74 Å². The van der Waals surface area contributed by atoms with Gasteiger partial charge in [0.15, 0.2) is 5.58 Å². The van der Waals surface area contributed by atoms with Crippen LogP contribution in [0.15, 0.2) is 47.1 Å². The molecule has 0 saturated carbocycles. The van der Waals surface area contributed by atoms with Crippen molar-refractivity contribution in [3.05, 3.63) is 48.4 Å². The molecule has 0 saturated heterocycles. The van der Waals surface area contributed by atoms with Gasteiger partial charge in [0.05, 0.1) is 17.6 Å². The van der Waals surface area contributed by atoms with E-state index in [1.54, 1.807) is 12.3 Å². The molecule has 0 bridgehead atoms. The van der Waals surface area contributed by atoms with E-state index >= 15 is 0 Å². The highest BCUT2D eigenvalue weighted by atomic mass is 16.6. The van der Waals surface area contributed by atoms with Gasteiger partial charge in [0.25, 0.3) is 0 Å². The lowest BCUT2D eigenvalue weighted by Crippen LogP contribution is -2.27. The number of ether oxygens (including phenoxy) is 1. The first-order valence-corrected chi connectivity index (χ1v) is 8.06. The molecule has 0 spiro atoms. The maximum absolute atomic E-state index is 12.1. The average molecular weight is 326 g/mol. The number of anilines is 1. The Balaban J connectivity index is 1.95. The van der Waals surface area contributed by atoms with Crippen LogP contribution in [0.1, 0.15) is 39.3 Å². The molecule has 1 N–H and O–H groups in total. The highest BCUT2D eigenvalue weighted by Crippen LogP contribution is 2.33. The fourth-order valence-electron chi connectivity index (χ4n) is 2.74. The van der Waals surface area contributed by atoms with E-state index in [9.17, 15) is 4.79 Å². The number of pyridine rings is 1. The number of nitrogens with zero attached hydrogens (tertiary/aromatic N) is 1. The summed E-state index contributed by atoms with van der Waals surface area (Å²) in [5, 5.41) is 2.78. The third-order valence-electron chi connectivity index (χ3n) is 3.82. The van der Waals surface area contributed by atoms with Crippen LogP contribution in [0.4, 0.5) is 10.5 Å². The maximum atomic E-state index is 12.1. The number of furan rings is 1. The molecule has 5 heteroatoms. The number of hydrogen-bond donors (Lipinski definition) is 1. The van der Waals surface area contributed by atoms with Gasteiger partial charge in [0.1, 0.15) is 11.1 Å². The molecule has 24 heavy (non-hydrogen) atoms. The van der Waals surface area contributed by atoms with Crippen molar-refractivity contribution in [1.82, 2.24) is 4.98 Å². The van der Waals surface area contributed by atoms with E-state index in [0.29, 0.717) is 22.7 Å². The van der Waals surface area contributed by atoms with E-state index in [0.717, 1.165) is 5.69 Å². The van der Waals surface area contributed by atoms with Gasteiger partial charge in [-0.25, -0.2) is 9.78 Å². The second-order valence-electron chi connectivity index (χ2n) is 7.01. The molecule has 2 aromatic rings. The minimum Gasteiger partial charge on any atom is -0.460 e. The summed E-state index contributed by atoms with van der Waals surface area (Å²) >= 11 is 0. The summed E-state index contributed by atoms with van der Waals surface area (Å²) in [5.74, 6) is 0.495. The largest absolute Gasteiger partial charge is 0.460 e. The first-order valence-electron chi connectivity index (χ1n) is 8.06. The monoisotopic (exact) mass is 326 g/mol. The molecule has 2 atom stereocenters. The molecule has 2 heterocycles. The molecule has 1 aliphatic rings. The van der Waals surface area contributed by atoms with E-state index < -0.39 is 11.7 Å². The summed E-state index contributed by atoms with van der Waals surface area (Å²) in [6.45, 7) is 7.63. The van der Waals surface area contributed by atoms with Gasteiger partial charge in [0.2, 0.25) is 0 Å². The zero-order valence-electron chi connectivity index (χ0n) is 14.4. The Morgan fingerprint density at radius 2 is 2.04 bits per heavy atom. The molecule has 0 radical (unpaired) electrons. The lowest BCUT2D eigenvalue weighted by molar-refractivity contribution is 0.0636. The molecule has 0 aliphatic heterocycles. The number of rotatable bonds is 2. The second kappa shape index (κ2) is 6.15. The molecule has 2 aromatic heterocycles. The van der Waals surface area contributed by atoms with E-state index in [1.165, 1.54) is 0 Å². The van der Waals surface area contributed by atoms with Crippen molar-refractivity contribution in [1.29, 1.82) is 0 Å². The molecule has 2 unspecified atom stereocenters. The summed E-state index contributed by atoms with van der Waals surface area (Å²) in [7, 11) is 0. The highest BCUT2D eigenvalue weighted by molar-refractivity contribution is 5.95. The van der Waals surface area contributed by atoms with Crippen LogP contribution in [0.25, 0.3) is 11.1 Å². The predicted octanol–water partition coefficient (Wildman–Crippen LogP) is 5.02. The van der Waals surface area contributed by atoms with Crippen LogP contribution >= 0.6 is 0 Å². The van der Waals surface area contributed by atoms with Gasteiger partial charge in [0, 0.05) is 12.0 Å². The average Bonchev–Trinajstić information content (AvgIpc) is 2.94. The Kier molecular flexibility index (Phi) is 4.18. The summed E-state index contributed by atoms with van der Waals surface area (Å²) in [6.07, 6.45) is 9.39. The van der Waals surface area contributed by atoms with E-state index in [4.69, 9.17) is 9.15 Å². The molecule has 1 aliphatic carbocycles. The molecule has 3 rings (SSSR count). The minimum absolute atomic E-state index is 0.161. The van der Waals surface area contributed by atoms with Gasteiger partial charge in [-0.05, 0) is 32.8 Å². The predicted molar refractivity (Wildman–Crippen MR) is 94.1 cm³/mol. The van der Waals surface area contributed by atoms with Crippen molar-refractivity contribution in [2.75, 3.05) is 5.32 Å². The molecule has 0 aromatic carbocycles. The van der Waals surface area contributed by atoms with E-state index in [1.807, 2.05) is 39.0 Å². The van der Waals surface area contributed by atoms with Gasteiger partial charge in [-0.1, -0.05) is 31.2 Å². The molecular formula is C19H22N2O3. The van der Waals surface area contributed by atoms with E-state index in [-0.39, 0.29) is 5.92 Å². The third-order valence-corrected chi connectivity index (χ3v) is 3.82. The number of fused-ring (bicyclic) bond motifs is 1. The number of hydrogen-bond acceptors (Lipinski definition) is 4. The third kappa shape index (κ3) is 3.50. The Morgan fingerprint density at radius 3 is 2.75 bits per heavy atom. The second-order valence-corrected chi connectivity index (χ2v) is 7.01. The van der Waals surface area contributed by atoms with Crippen molar-refractivity contribution in [2.45, 2.75) is 39.2 Å². The summed E-state index contributed by atoms with van der Waals surface area (Å²) < 4.78 is 10.8. The van der Waals surface area contributed by atoms with Gasteiger partial charge < -0.3 is 9.15 Å². The molecular weight excluding hydrogens is 304 g/mol. The number of aromatic nitrogens is 1. The van der Waals surface area contributed by atoms with Crippen LogP contribution in [-0.4, -0.2) is 16.7 Å². The van der Waals surface area contributed by atoms with Crippen LogP contribution in [0, 0.1) is 5.92 Å². The lowest BCUT2D eigenvalue weighted by Gasteiger charge is -2.22. The zero-order valence-corrected chi connectivity index (χ0v) is 14.4. The topological polar surface area (TPSA) is 64.4 Å². The van der Waals surface area contributed by atoms with Crippen molar-refractivity contribution in [2.24, 2.45) is 5.92 Å². The SMILES string of the molecule is CC1C=CC=CC1c1cc(NC(=O)OC(C)(C)C)c2occc2n1. The van der Waals surface area contributed by atoms with E-state index in [2.05, 4.69) is 29.4 Å². The number of amides is 1. The molecule has 5 nitrogen and oxygen atoms in total. The molecule has 0 fully saturated rings. The number of carbonyl (C=O) groups excluding carboxylic acids is 1. The maximum Gasteiger partial charge on any atom is 0.412 e. The van der Waals surface area contributed by atoms with Crippen LogP contribution in [0.2, 0.25) is 0 Å². The number of carbonyl (C=O) groups is 1. The standard InChI is InChI=1S/C19H22N2O3/c1-12-7-5-6-8-13(12)15-11-16(17-14(20-15)9-10-23-17)21-18(22)24-19(2,3)4/h5-13H,1-4H3,(H,20,21,22). The first-order chi connectivity index (χ1) is 11.3. The van der Waals surface area contributed by atoms with Crippen LogP contribution in [0.3, 0.4) is 0 Å². The Hall–Kier alpha value is -2.56. The molecule has 1 amide bonds. The van der Waals surface area contributed by atoms with Crippen molar-refractivity contribution < 1.29 is 13.9 Å². The van der Waals surface area contributed by atoms with Crippen molar-refractivity contribution in [3.8, 4) is 0 Å². The summed E-state index contributed by atoms with van der Waals surface area (Å²) in [5.41, 5.74) is 2.17. The summed E-state index contributed by atoms with van der Waals surface area (Å²) in [4.78, 5) is 16.8. The Labute approximate surface area is 141 Å². The Morgan fingerprint density at radius 1 is 1.29 bits per heavy atom. The van der Waals surface area contributed by atoms with Gasteiger partial charge in [-0.3, -0.25) is 5.32 Å². The van der Waals surface area contributed by atoms with Crippen LogP contribution < -0.4 is 5.32 Å². The minimum atomic E-state index is -0.562. The zero-order chi connectivity index (χ0) is 17.3. The van der Waals surface area contributed by atoms with Gasteiger partial charge in [-0.2, -0.15) is 0 Å². The smallest absolute Gasteiger partial charge is 0.412 e. The highest BCUT2D eigenvalue weighted by Gasteiger charge is 2.22. The normalized spacial score (nSPS) is 20.3. The summed E-state index contributed by atoms with van der Waals surface area (Å²) in [6, 6.07) is 3.66. The fourth-order valence-corrected chi connectivity index (χ4v) is 2.74. The first kappa shape index (κ1) is 16.3. The number of nitrogens with one attached hydrogen (secondary N) is 1. The lowest BCUT2D eigenvalue weighted by atomic mass is 9.87. The molecule has 126 valence electrons. The Bertz CT molecular complexity index is 812. The van der Waals surface area contributed by atoms with Gasteiger partial charge >= 0.3 is 6.09 Å². The quantitative estimate of drug-likeness (QED) is 0.841. The van der Waals surface area contributed by atoms with Gasteiger partial charge in [-0.15, -0.1) is 0 Å². The van der Waals surface area contributed by atoms with Crippen LogP contribution in [0.5, 0.6) is 0 Å². The fraction of sp³-hybridized carbons (Fsp3) is 0.368. The number of allylic oxidation sites excluding steroid dienone is 4.